The fourth-order valence-electron chi connectivity index (χ4n) is 4.56. The van der Waals surface area contributed by atoms with Crippen molar-refractivity contribution in [2.45, 2.75) is 53.0 Å². The molecule has 1 amide bonds. The maximum absolute atomic E-state index is 13.5. The van der Waals surface area contributed by atoms with Crippen LogP contribution in [0.3, 0.4) is 0 Å². The zero-order valence-electron chi connectivity index (χ0n) is 22.7. The summed E-state index contributed by atoms with van der Waals surface area (Å²) in [4.78, 5) is 28.5. The minimum atomic E-state index is -0.832. The van der Waals surface area contributed by atoms with Crippen molar-refractivity contribution in [3.8, 4) is 5.75 Å². The Balaban J connectivity index is 1.90. The Kier molecular flexibility index (Phi) is 7.70. The van der Waals surface area contributed by atoms with Crippen LogP contribution in [0.15, 0.2) is 72.3 Å². The van der Waals surface area contributed by atoms with E-state index in [1.54, 1.807) is 36.4 Å². The first-order valence-corrected chi connectivity index (χ1v) is 13.2. The molecule has 3 aromatic carbocycles. The molecule has 1 heterocycles. The Labute approximate surface area is 229 Å². The van der Waals surface area contributed by atoms with Gasteiger partial charge in [-0.05, 0) is 59.2 Å². The number of benzene rings is 3. The maximum atomic E-state index is 13.5. The van der Waals surface area contributed by atoms with Gasteiger partial charge in [-0.15, -0.1) is 0 Å². The van der Waals surface area contributed by atoms with Crippen LogP contribution in [0.4, 0.5) is 5.69 Å². The number of carbonyl (C=O) groups is 2. The molecule has 1 fully saturated rings. The lowest BCUT2D eigenvalue weighted by Gasteiger charge is -2.28. The van der Waals surface area contributed by atoms with Crippen LogP contribution in [-0.2, 0) is 15.0 Å². The van der Waals surface area contributed by atoms with Gasteiger partial charge < -0.3 is 9.84 Å². The number of amides is 1. The standard InChI is InChI=1S/C32H34ClNO4/c1-19(2)18-38-25-9-7-8-22(16-25)29(35)27-28(21-11-13-23(14-12-21)32(4,5)6)34(31(37)30(27)36)26-17-24(33)15-10-20(26)3/h7-17,19,28,35H,18H2,1-6H3/b29-27+. The second kappa shape index (κ2) is 10.7. The Hall–Kier alpha value is -3.57. The van der Waals surface area contributed by atoms with Gasteiger partial charge >= 0.3 is 0 Å². The molecule has 1 aliphatic rings. The molecule has 1 saturated heterocycles. The lowest BCUT2D eigenvalue weighted by molar-refractivity contribution is -0.132. The van der Waals surface area contributed by atoms with E-state index in [1.165, 1.54) is 4.90 Å². The van der Waals surface area contributed by atoms with Crippen molar-refractivity contribution in [2.24, 2.45) is 5.92 Å². The SMILES string of the molecule is Cc1ccc(Cl)cc1N1C(=O)C(=O)/C(=C(/O)c2cccc(OCC(C)C)c2)C1c1ccc(C(C)(C)C)cc1. The van der Waals surface area contributed by atoms with Crippen molar-refractivity contribution in [1.29, 1.82) is 0 Å². The summed E-state index contributed by atoms with van der Waals surface area (Å²) in [5.41, 5.74) is 3.51. The molecule has 1 N–H and O–H groups in total. The van der Waals surface area contributed by atoms with Crippen LogP contribution in [0.25, 0.3) is 5.76 Å². The minimum Gasteiger partial charge on any atom is -0.507 e. The number of aliphatic hydroxyl groups is 1. The number of aliphatic hydroxyl groups excluding tert-OH is 1. The number of aryl methyl sites for hydroxylation is 1. The number of nitrogens with zero attached hydrogens (tertiary/aromatic N) is 1. The van der Waals surface area contributed by atoms with E-state index in [0.717, 1.165) is 11.1 Å². The number of ether oxygens (including phenoxy) is 1. The van der Waals surface area contributed by atoms with Crippen molar-refractivity contribution in [1.82, 2.24) is 0 Å². The van der Waals surface area contributed by atoms with Crippen molar-refractivity contribution in [3.05, 3.63) is 99.6 Å². The van der Waals surface area contributed by atoms with Crippen molar-refractivity contribution in [2.75, 3.05) is 11.5 Å². The maximum Gasteiger partial charge on any atom is 0.300 e. The van der Waals surface area contributed by atoms with E-state index in [9.17, 15) is 14.7 Å². The smallest absolute Gasteiger partial charge is 0.300 e. The second-order valence-corrected chi connectivity index (χ2v) is 11.6. The molecule has 1 atom stereocenters. The van der Waals surface area contributed by atoms with E-state index in [4.69, 9.17) is 16.3 Å². The third-order valence-corrected chi connectivity index (χ3v) is 6.89. The Morgan fingerprint density at radius 2 is 1.71 bits per heavy atom. The van der Waals surface area contributed by atoms with Gasteiger partial charge in [0, 0.05) is 16.3 Å². The minimum absolute atomic E-state index is 0.0268. The first-order valence-electron chi connectivity index (χ1n) is 12.8. The average Bonchev–Trinajstić information content (AvgIpc) is 3.13. The summed E-state index contributed by atoms with van der Waals surface area (Å²) in [5.74, 6) is -0.803. The monoisotopic (exact) mass is 531 g/mol. The molecule has 0 saturated carbocycles. The molecular weight excluding hydrogens is 498 g/mol. The van der Waals surface area contributed by atoms with E-state index < -0.39 is 17.7 Å². The van der Waals surface area contributed by atoms with Crippen LogP contribution >= 0.6 is 11.6 Å². The van der Waals surface area contributed by atoms with Crippen molar-refractivity contribution in [3.63, 3.8) is 0 Å². The molecule has 6 heteroatoms. The van der Waals surface area contributed by atoms with E-state index in [-0.39, 0.29) is 16.7 Å². The van der Waals surface area contributed by atoms with E-state index in [2.05, 4.69) is 20.8 Å². The number of anilines is 1. The Morgan fingerprint density at radius 3 is 2.34 bits per heavy atom. The van der Waals surface area contributed by atoms with Crippen molar-refractivity contribution >= 4 is 34.7 Å². The molecule has 0 bridgehead atoms. The van der Waals surface area contributed by atoms with E-state index >= 15 is 0 Å². The van der Waals surface area contributed by atoms with Gasteiger partial charge in [0.05, 0.1) is 18.2 Å². The summed E-state index contributed by atoms with van der Waals surface area (Å²) in [6, 6.07) is 19.2. The Bertz CT molecular complexity index is 1400. The lowest BCUT2D eigenvalue weighted by atomic mass is 9.85. The van der Waals surface area contributed by atoms with Gasteiger partial charge in [-0.2, -0.15) is 0 Å². The van der Waals surface area contributed by atoms with Gasteiger partial charge in [0.2, 0.25) is 0 Å². The number of Topliss-reactive ketones (excluding diaryl/α,β-unsaturated/α-hetero) is 1. The molecule has 0 radical (unpaired) electrons. The van der Waals surface area contributed by atoms with Gasteiger partial charge in [0.15, 0.2) is 0 Å². The highest BCUT2D eigenvalue weighted by Crippen LogP contribution is 2.44. The number of ketones is 1. The van der Waals surface area contributed by atoms with Crippen LogP contribution in [0.1, 0.15) is 62.9 Å². The Morgan fingerprint density at radius 1 is 1.03 bits per heavy atom. The van der Waals surface area contributed by atoms with Crippen LogP contribution in [0.2, 0.25) is 5.02 Å². The van der Waals surface area contributed by atoms with Crippen molar-refractivity contribution < 1.29 is 19.4 Å². The fourth-order valence-corrected chi connectivity index (χ4v) is 4.72. The number of halogens is 1. The summed E-state index contributed by atoms with van der Waals surface area (Å²) in [6.45, 7) is 12.8. The zero-order chi connectivity index (χ0) is 27.8. The molecule has 4 rings (SSSR count). The highest BCUT2D eigenvalue weighted by Gasteiger charge is 2.47. The molecule has 1 aliphatic heterocycles. The summed E-state index contributed by atoms with van der Waals surface area (Å²) < 4.78 is 5.83. The third kappa shape index (κ3) is 5.48. The lowest BCUT2D eigenvalue weighted by Crippen LogP contribution is -2.30. The predicted molar refractivity (Wildman–Crippen MR) is 153 cm³/mol. The molecule has 5 nitrogen and oxygen atoms in total. The first-order chi connectivity index (χ1) is 17.9. The third-order valence-electron chi connectivity index (χ3n) is 6.66. The van der Waals surface area contributed by atoms with E-state index in [1.807, 2.05) is 51.1 Å². The van der Waals surface area contributed by atoms with Crippen LogP contribution in [0, 0.1) is 12.8 Å². The highest BCUT2D eigenvalue weighted by molar-refractivity contribution is 6.52. The van der Waals surface area contributed by atoms with Gasteiger partial charge in [-0.1, -0.05) is 88.7 Å². The van der Waals surface area contributed by atoms with Crippen LogP contribution < -0.4 is 9.64 Å². The van der Waals surface area contributed by atoms with Crippen LogP contribution in [-0.4, -0.2) is 23.4 Å². The molecule has 3 aromatic rings. The van der Waals surface area contributed by atoms with Gasteiger partial charge in [0.25, 0.3) is 11.7 Å². The summed E-state index contributed by atoms with van der Waals surface area (Å²) >= 11 is 6.31. The number of hydrogen-bond donors (Lipinski definition) is 1. The molecule has 1 unspecified atom stereocenters. The van der Waals surface area contributed by atoms with Crippen LogP contribution in [0.5, 0.6) is 5.75 Å². The number of hydrogen-bond acceptors (Lipinski definition) is 4. The second-order valence-electron chi connectivity index (χ2n) is 11.2. The number of rotatable bonds is 6. The molecule has 0 aromatic heterocycles. The average molecular weight is 532 g/mol. The summed E-state index contributed by atoms with van der Waals surface area (Å²) in [6.07, 6.45) is 0. The highest BCUT2D eigenvalue weighted by atomic mass is 35.5. The summed E-state index contributed by atoms with van der Waals surface area (Å²) in [5, 5.41) is 12.0. The first kappa shape index (κ1) is 27.5. The number of carbonyl (C=O) groups excluding carboxylic acids is 2. The fraction of sp³-hybridized carbons (Fsp3) is 0.312. The molecular formula is C32H34ClNO4. The largest absolute Gasteiger partial charge is 0.507 e. The normalized spacial score (nSPS) is 17.4. The molecule has 0 aliphatic carbocycles. The molecule has 198 valence electrons. The predicted octanol–water partition coefficient (Wildman–Crippen LogP) is 7.61. The van der Waals surface area contributed by atoms with Gasteiger partial charge in [0.1, 0.15) is 11.5 Å². The molecule has 0 spiro atoms. The quantitative estimate of drug-likeness (QED) is 0.202. The van der Waals surface area contributed by atoms with Gasteiger partial charge in [-0.3, -0.25) is 14.5 Å². The van der Waals surface area contributed by atoms with E-state index in [0.29, 0.717) is 40.1 Å². The molecule has 38 heavy (non-hydrogen) atoms. The topological polar surface area (TPSA) is 66.8 Å². The van der Waals surface area contributed by atoms with Gasteiger partial charge in [-0.25, -0.2) is 0 Å². The zero-order valence-corrected chi connectivity index (χ0v) is 23.5. The summed E-state index contributed by atoms with van der Waals surface area (Å²) in [7, 11) is 0.